The highest BCUT2D eigenvalue weighted by molar-refractivity contribution is 7.98. The summed E-state index contributed by atoms with van der Waals surface area (Å²) >= 11 is 14.1. The van der Waals surface area contributed by atoms with E-state index in [2.05, 4.69) is 5.32 Å². The second kappa shape index (κ2) is 15.7. The molecule has 0 heterocycles. The minimum atomic E-state index is -4.20. The maximum absolute atomic E-state index is 14.2. The van der Waals surface area contributed by atoms with E-state index >= 15 is 0 Å². The normalized spacial score (nSPS) is 12.1. The van der Waals surface area contributed by atoms with Gasteiger partial charge in [0.25, 0.3) is 10.0 Å². The van der Waals surface area contributed by atoms with Crippen LogP contribution in [0.2, 0.25) is 10.0 Å². The lowest BCUT2D eigenvalue weighted by Crippen LogP contribution is -2.53. The van der Waals surface area contributed by atoms with Crippen LogP contribution in [0.25, 0.3) is 0 Å². The summed E-state index contributed by atoms with van der Waals surface area (Å²) < 4.78 is 34.7. The van der Waals surface area contributed by atoms with Gasteiger partial charge in [-0.3, -0.25) is 13.9 Å². The largest absolute Gasteiger partial charge is 0.494 e. The van der Waals surface area contributed by atoms with Crippen molar-refractivity contribution in [1.82, 2.24) is 10.2 Å². The number of anilines is 1. The van der Waals surface area contributed by atoms with Gasteiger partial charge in [-0.15, -0.1) is 11.8 Å². The molecule has 232 valence electrons. The summed E-state index contributed by atoms with van der Waals surface area (Å²) in [6.45, 7) is 7.16. The van der Waals surface area contributed by atoms with Gasteiger partial charge < -0.3 is 15.0 Å². The van der Waals surface area contributed by atoms with E-state index in [1.165, 1.54) is 28.8 Å². The molecule has 0 aliphatic carbocycles. The first-order valence-corrected chi connectivity index (χ1v) is 17.3. The fourth-order valence-electron chi connectivity index (χ4n) is 4.41. The van der Waals surface area contributed by atoms with Crippen LogP contribution in [0.1, 0.15) is 39.7 Å². The van der Waals surface area contributed by atoms with Gasteiger partial charge in [0.2, 0.25) is 11.8 Å². The Hall–Kier alpha value is -2.92. The predicted molar refractivity (Wildman–Crippen MR) is 175 cm³/mol. The highest BCUT2D eigenvalue weighted by Gasteiger charge is 2.34. The number of rotatable bonds is 14. The third kappa shape index (κ3) is 9.04. The molecule has 3 rings (SSSR count). The van der Waals surface area contributed by atoms with Crippen LogP contribution in [0.3, 0.4) is 0 Å². The van der Waals surface area contributed by atoms with Gasteiger partial charge in [-0.2, -0.15) is 0 Å². The molecule has 0 bridgehead atoms. The Morgan fingerprint density at radius 1 is 0.977 bits per heavy atom. The lowest BCUT2D eigenvalue weighted by atomic mass is 10.1. The first-order valence-electron chi connectivity index (χ1n) is 13.8. The highest BCUT2D eigenvalue weighted by atomic mass is 35.5. The molecule has 0 aliphatic heterocycles. The summed E-state index contributed by atoms with van der Waals surface area (Å²) in [6, 6.07) is 16.8. The Bertz CT molecular complexity index is 1500. The summed E-state index contributed by atoms with van der Waals surface area (Å²) in [5.74, 6) is -0.358. The fraction of sp³-hybridized carbons (Fsp3) is 0.355. The summed E-state index contributed by atoms with van der Waals surface area (Å²) in [7, 11) is -4.20. The van der Waals surface area contributed by atoms with E-state index in [-0.39, 0.29) is 29.1 Å². The third-order valence-electron chi connectivity index (χ3n) is 6.53. The molecule has 0 unspecified atom stereocenters. The molecule has 12 heteroatoms. The lowest BCUT2D eigenvalue weighted by molar-refractivity contribution is -0.140. The average Bonchev–Trinajstić information content (AvgIpc) is 2.97. The van der Waals surface area contributed by atoms with Gasteiger partial charge in [0.1, 0.15) is 18.3 Å². The van der Waals surface area contributed by atoms with Crippen LogP contribution in [-0.4, -0.2) is 56.6 Å². The number of benzene rings is 3. The number of carbonyl (C=O) groups is 2. The van der Waals surface area contributed by atoms with E-state index in [1.807, 2.05) is 27.0 Å². The smallest absolute Gasteiger partial charge is 0.264 e. The van der Waals surface area contributed by atoms with Crippen LogP contribution < -0.4 is 14.4 Å². The van der Waals surface area contributed by atoms with Crippen molar-refractivity contribution < 1.29 is 22.7 Å². The van der Waals surface area contributed by atoms with Crippen LogP contribution in [-0.2, 0) is 26.2 Å². The van der Waals surface area contributed by atoms with E-state index in [9.17, 15) is 18.0 Å². The molecular formula is C31H37Cl2N3O5S2. The molecule has 2 amide bonds. The Morgan fingerprint density at radius 3 is 2.16 bits per heavy atom. The van der Waals surface area contributed by atoms with Crippen molar-refractivity contribution >= 4 is 62.5 Å². The Morgan fingerprint density at radius 2 is 1.63 bits per heavy atom. The number of ether oxygens (including phenoxy) is 1. The number of thioether (sulfide) groups is 1. The summed E-state index contributed by atoms with van der Waals surface area (Å²) in [5.41, 5.74) is 0.841. The van der Waals surface area contributed by atoms with E-state index in [1.54, 1.807) is 61.5 Å². The van der Waals surface area contributed by atoms with E-state index in [0.717, 1.165) is 9.20 Å². The first kappa shape index (κ1) is 34.6. The van der Waals surface area contributed by atoms with Gasteiger partial charge in [0.05, 0.1) is 17.2 Å². The molecular weight excluding hydrogens is 629 g/mol. The van der Waals surface area contributed by atoms with E-state index in [4.69, 9.17) is 27.9 Å². The molecule has 0 saturated heterocycles. The monoisotopic (exact) mass is 665 g/mol. The number of carbonyl (C=O) groups excluding carboxylic acids is 2. The van der Waals surface area contributed by atoms with Crippen molar-refractivity contribution in [1.29, 1.82) is 0 Å². The number of amides is 2. The lowest BCUT2D eigenvalue weighted by Gasteiger charge is -2.33. The molecule has 0 aliphatic rings. The molecule has 0 radical (unpaired) electrons. The summed E-state index contributed by atoms with van der Waals surface area (Å²) in [5, 5.41) is 3.63. The molecule has 1 N–H and O–H groups in total. The Balaban J connectivity index is 2.09. The quantitative estimate of drug-likeness (QED) is 0.194. The molecule has 43 heavy (non-hydrogen) atoms. The molecule has 3 aromatic carbocycles. The van der Waals surface area contributed by atoms with Crippen LogP contribution in [0.15, 0.2) is 76.5 Å². The van der Waals surface area contributed by atoms with E-state index < -0.39 is 28.5 Å². The van der Waals surface area contributed by atoms with Gasteiger partial charge in [0, 0.05) is 27.5 Å². The summed E-state index contributed by atoms with van der Waals surface area (Å²) in [4.78, 5) is 29.8. The SMILES string of the molecule is CCOc1ccc(N(CC(=O)N(Cc2ccc(Cl)cc2Cl)[C@@H](CC)C(=O)NC(C)C)S(=O)(=O)c2ccc(SC)cc2)cc1. The van der Waals surface area contributed by atoms with Gasteiger partial charge in [-0.25, -0.2) is 8.42 Å². The minimum Gasteiger partial charge on any atom is -0.494 e. The maximum atomic E-state index is 14.2. The second-order valence-electron chi connectivity index (χ2n) is 9.96. The second-order valence-corrected chi connectivity index (χ2v) is 13.5. The number of hydrogen-bond acceptors (Lipinski definition) is 6. The number of nitrogens with one attached hydrogen (secondary N) is 1. The van der Waals surface area contributed by atoms with Crippen LogP contribution in [0, 0.1) is 0 Å². The van der Waals surface area contributed by atoms with Gasteiger partial charge in [0.15, 0.2) is 0 Å². The highest BCUT2D eigenvalue weighted by Crippen LogP contribution is 2.29. The standard InChI is InChI=1S/C31H37Cl2N3O5S2/c1-6-29(31(38)34-21(3)4)35(19-22-8-9-23(32)18-28(22)33)30(37)20-36(24-10-12-25(13-11-24)41-7-2)43(39,40)27-16-14-26(42-5)15-17-27/h8-18,21,29H,6-7,19-20H2,1-5H3,(H,34,38)/t29-/m0/s1. The van der Waals surface area contributed by atoms with Crippen LogP contribution in [0.4, 0.5) is 5.69 Å². The van der Waals surface area contributed by atoms with Crippen LogP contribution >= 0.6 is 35.0 Å². The molecule has 0 fully saturated rings. The molecule has 0 aromatic heterocycles. The Kier molecular flexibility index (Phi) is 12.6. The number of hydrogen-bond donors (Lipinski definition) is 1. The fourth-order valence-corrected chi connectivity index (χ4v) is 6.70. The Labute approximate surface area is 268 Å². The molecule has 0 spiro atoms. The number of halogens is 2. The van der Waals surface area contributed by atoms with Crippen molar-refractivity contribution in [2.75, 3.05) is 23.7 Å². The van der Waals surface area contributed by atoms with Crippen molar-refractivity contribution in [3.8, 4) is 5.75 Å². The molecule has 1 atom stereocenters. The van der Waals surface area contributed by atoms with E-state index in [0.29, 0.717) is 34.4 Å². The number of sulfonamides is 1. The zero-order valence-electron chi connectivity index (χ0n) is 24.8. The zero-order chi connectivity index (χ0) is 31.7. The van der Waals surface area contributed by atoms with Crippen molar-refractivity contribution in [3.05, 3.63) is 82.3 Å². The van der Waals surface area contributed by atoms with Crippen molar-refractivity contribution in [2.45, 2.75) is 62.5 Å². The van der Waals surface area contributed by atoms with Crippen LogP contribution in [0.5, 0.6) is 5.75 Å². The van der Waals surface area contributed by atoms with Gasteiger partial charge in [-0.1, -0.05) is 36.2 Å². The molecule has 0 saturated carbocycles. The number of nitrogens with zero attached hydrogens (tertiary/aromatic N) is 2. The minimum absolute atomic E-state index is 0.0293. The predicted octanol–water partition coefficient (Wildman–Crippen LogP) is 6.64. The summed E-state index contributed by atoms with van der Waals surface area (Å²) in [6.07, 6.45) is 2.19. The van der Waals surface area contributed by atoms with Gasteiger partial charge in [-0.05, 0) is 99.7 Å². The van der Waals surface area contributed by atoms with Crippen molar-refractivity contribution in [3.63, 3.8) is 0 Å². The topological polar surface area (TPSA) is 96.0 Å². The molecule has 8 nitrogen and oxygen atoms in total. The first-order chi connectivity index (χ1) is 20.4. The molecule has 3 aromatic rings. The third-order valence-corrected chi connectivity index (χ3v) is 9.65. The maximum Gasteiger partial charge on any atom is 0.264 e. The van der Waals surface area contributed by atoms with Crippen molar-refractivity contribution in [2.24, 2.45) is 0 Å². The zero-order valence-corrected chi connectivity index (χ0v) is 28.0. The van der Waals surface area contributed by atoms with Gasteiger partial charge >= 0.3 is 0 Å². The average molecular weight is 667 g/mol.